The van der Waals surface area contributed by atoms with Gasteiger partial charge in [0, 0.05) is 30.1 Å². The van der Waals surface area contributed by atoms with Gasteiger partial charge in [0.15, 0.2) is 0 Å². The fraction of sp³-hybridized carbons (Fsp3) is 0.538. The third-order valence-corrected chi connectivity index (χ3v) is 3.42. The maximum atomic E-state index is 8.85. The van der Waals surface area contributed by atoms with Gasteiger partial charge in [-0.1, -0.05) is 18.8 Å². The number of hydrogen-bond donors (Lipinski definition) is 2. The van der Waals surface area contributed by atoms with Gasteiger partial charge in [-0.15, -0.1) is 11.3 Å². The minimum absolute atomic E-state index is 0.251. The Hall–Kier alpha value is -0.860. The third-order valence-electron chi connectivity index (χ3n) is 2.52. The second-order valence-electron chi connectivity index (χ2n) is 3.71. The molecule has 4 heteroatoms. The lowest BCUT2D eigenvalue weighted by Crippen LogP contribution is -2.24. The highest BCUT2D eigenvalue weighted by atomic mass is 32.1. The summed E-state index contributed by atoms with van der Waals surface area (Å²) in [6, 6.07) is 2.04. The zero-order valence-corrected chi connectivity index (χ0v) is 11.1. The highest BCUT2D eigenvalue weighted by Gasteiger charge is 2.07. The van der Waals surface area contributed by atoms with Gasteiger partial charge in [-0.05, 0) is 24.4 Å². The van der Waals surface area contributed by atoms with Gasteiger partial charge in [0.25, 0.3) is 0 Å². The van der Waals surface area contributed by atoms with E-state index in [1.807, 2.05) is 6.07 Å². The predicted octanol–water partition coefficient (Wildman–Crippen LogP) is 1.26. The number of aliphatic hydroxyl groups excluding tert-OH is 1. The largest absolute Gasteiger partial charge is 0.396 e. The Morgan fingerprint density at radius 1 is 1.53 bits per heavy atom. The zero-order valence-electron chi connectivity index (χ0n) is 10.3. The second-order valence-corrected chi connectivity index (χ2v) is 4.71. The Bertz CT molecular complexity index is 378. The van der Waals surface area contributed by atoms with Crippen molar-refractivity contribution in [2.24, 2.45) is 5.73 Å². The summed E-state index contributed by atoms with van der Waals surface area (Å²) < 4.78 is 0. The van der Waals surface area contributed by atoms with Crippen molar-refractivity contribution in [1.29, 1.82) is 0 Å². The molecule has 1 aromatic rings. The molecular weight excluding hydrogens is 232 g/mol. The van der Waals surface area contributed by atoms with Crippen molar-refractivity contribution in [1.82, 2.24) is 4.90 Å². The van der Waals surface area contributed by atoms with Crippen LogP contribution in [0.2, 0.25) is 0 Å². The average molecular weight is 252 g/mol. The van der Waals surface area contributed by atoms with Crippen LogP contribution in [0, 0.1) is 11.8 Å². The summed E-state index contributed by atoms with van der Waals surface area (Å²) in [5.41, 5.74) is 6.47. The van der Waals surface area contributed by atoms with E-state index in [4.69, 9.17) is 10.8 Å². The van der Waals surface area contributed by atoms with Gasteiger partial charge in [-0.3, -0.25) is 4.90 Å². The molecule has 0 aromatic carbocycles. The lowest BCUT2D eigenvalue weighted by atomic mass is 10.2. The standard InChI is InChI=1S/C13H20N2OS/c1-2-15(8-4-9-16)11-13-12(5-3-7-14)6-10-17-13/h6,10,16H,2,4,7-9,11,14H2,1H3. The molecule has 0 amide bonds. The van der Waals surface area contributed by atoms with Crippen LogP contribution in [0.15, 0.2) is 11.4 Å². The predicted molar refractivity (Wildman–Crippen MR) is 72.9 cm³/mol. The number of hydrogen-bond acceptors (Lipinski definition) is 4. The lowest BCUT2D eigenvalue weighted by molar-refractivity contribution is 0.226. The van der Waals surface area contributed by atoms with Gasteiger partial charge < -0.3 is 10.8 Å². The van der Waals surface area contributed by atoms with Gasteiger partial charge in [-0.2, -0.15) is 0 Å². The van der Waals surface area contributed by atoms with Gasteiger partial charge >= 0.3 is 0 Å². The SMILES string of the molecule is CCN(CCCO)Cc1sccc1C#CCN. The molecule has 0 saturated heterocycles. The van der Waals surface area contributed by atoms with Crippen molar-refractivity contribution < 1.29 is 5.11 Å². The molecule has 0 spiro atoms. The molecule has 1 rings (SSSR count). The van der Waals surface area contributed by atoms with E-state index in [1.54, 1.807) is 11.3 Å². The normalized spacial score (nSPS) is 10.4. The van der Waals surface area contributed by atoms with Crippen LogP contribution in [-0.4, -0.2) is 36.2 Å². The molecular formula is C13H20N2OS. The van der Waals surface area contributed by atoms with Crippen molar-refractivity contribution in [3.05, 3.63) is 21.9 Å². The molecule has 3 nitrogen and oxygen atoms in total. The second kappa shape index (κ2) is 8.26. The number of rotatable bonds is 6. The van der Waals surface area contributed by atoms with E-state index in [2.05, 4.69) is 29.0 Å². The minimum atomic E-state index is 0.251. The van der Waals surface area contributed by atoms with E-state index in [1.165, 1.54) is 4.88 Å². The zero-order chi connectivity index (χ0) is 12.5. The molecule has 0 unspecified atom stereocenters. The van der Waals surface area contributed by atoms with Crippen molar-refractivity contribution in [2.45, 2.75) is 19.9 Å². The summed E-state index contributed by atoms with van der Waals surface area (Å²) in [5.74, 6) is 5.99. The van der Waals surface area contributed by atoms with E-state index < -0.39 is 0 Å². The topological polar surface area (TPSA) is 49.5 Å². The van der Waals surface area contributed by atoms with Gasteiger partial charge in [0.2, 0.25) is 0 Å². The monoisotopic (exact) mass is 252 g/mol. The van der Waals surface area contributed by atoms with Gasteiger partial charge in [0.1, 0.15) is 0 Å². The first-order valence-corrected chi connectivity index (χ1v) is 6.78. The molecule has 94 valence electrons. The highest BCUT2D eigenvalue weighted by Crippen LogP contribution is 2.18. The van der Waals surface area contributed by atoms with E-state index in [0.717, 1.165) is 31.6 Å². The molecule has 3 N–H and O–H groups in total. The quantitative estimate of drug-likeness (QED) is 0.750. The third kappa shape index (κ3) is 4.88. The van der Waals surface area contributed by atoms with Gasteiger partial charge in [0.05, 0.1) is 6.54 Å². The first kappa shape index (κ1) is 14.2. The summed E-state index contributed by atoms with van der Waals surface area (Å²) in [7, 11) is 0. The Morgan fingerprint density at radius 3 is 3.00 bits per heavy atom. The first-order chi connectivity index (χ1) is 8.31. The summed E-state index contributed by atoms with van der Waals surface area (Å²) in [6.45, 7) is 5.60. The van der Waals surface area contributed by atoms with Crippen LogP contribution in [-0.2, 0) is 6.54 Å². The Balaban J connectivity index is 2.62. The molecule has 1 heterocycles. The molecule has 0 aliphatic rings. The van der Waals surface area contributed by atoms with Crippen LogP contribution < -0.4 is 5.73 Å². The van der Waals surface area contributed by atoms with Crippen LogP contribution >= 0.6 is 11.3 Å². The Kier molecular flexibility index (Phi) is 6.90. The number of aliphatic hydroxyl groups is 1. The maximum absolute atomic E-state index is 8.85. The van der Waals surface area contributed by atoms with Crippen LogP contribution in [0.4, 0.5) is 0 Å². The van der Waals surface area contributed by atoms with Crippen LogP contribution in [0.1, 0.15) is 23.8 Å². The van der Waals surface area contributed by atoms with E-state index in [9.17, 15) is 0 Å². The molecule has 17 heavy (non-hydrogen) atoms. The first-order valence-electron chi connectivity index (χ1n) is 5.90. The summed E-state index contributed by atoms with van der Waals surface area (Å²) in [6.07, 6.45) is 0.822. The average Bonchev–Trinajstić information content (AvgIpc) is 2.79. The summed E-state index contributed by atoms with van der Waals surface area (Å²) in [4.78, 5) is 3.60. The smallest absolute Gasteiger partial charge is 0.0555 e. The molecule has 0 bridgehead atoms. The number of thiophene rings is 1. The van der Waals surface area contributed by atoms with Crippen molar-refractivity contribution in [3.63, 3.8) is 0 Å². The fourth-order valence-electron chi connectivity index (χ4n) is 1.57. The Morgan fingerprint density at radius 2 is 2.35 bits per heavy atom. The van der Waals surface area contributed by atoms with E-state index >= 15 is 0 Å². The molecule has 0 atom stereocenters. The maximum Gasteiger partial charge on any atom is 0.0555 e. The highest BCUT2D eigenvalue weighted by molar-refractivity contribution is 7.10. The van der Waals surface area contributed by atoms with Gasteiger partial charge in [-0.25, -0.2) is 0 Å². The lowest BCUT2D eigenvalue weighted by Gasteiger charge is -2.19. The molecule has 0 aliphatic carbocycles. The Labute approximate surface area is 107 Å². The molecule has 0 fully saturated rings. The molecule has 1 aromatic heterocycles. The molecule has 0 radical (unpaired) electrons. The van der Waals surface area contributed by atoms with Crippen LogP contribution in [0.5, 0.6) is 0 Å². The number of nitrogens with zero attached hydrogens (tertiary/aromatic N) is 1. The van der Waals surface area contributed by atoms with E-state index in [0.29, 0.717) is 6.54 Å². The van der Waals surface area contributed by atoms with Crippen molar-refractivity contribution >= 4 is 11.3 Å². The van der Waals surface area contributed by atoms with E-state index in [-0.39, 0.29) is 6.61 Å². The number of nitrogens with two attached hydrogens (primary N) is 1. The summed E-state index contributed by atoms with van der Waals surface area (Å²) >= 11 is 1.73. The van der Waals surface area contributed by atoms with Crippen LogP contribution in [0.25, 0.3) is 0 Å². The van der Waals surface area contributed by atoms with Crippen molar-refractivity contribution in [3.8, 4) is 11.8 Å². The van der Waals surface area contributed by atoms with Crippen LogP contribution in [0.3, 0.4) is 0 Å². The minimum Gasteiger partial charge on any atom is -0.396 e. The molecule has 0 saturated carbocycles. The van der Waals surface area contributed by atoms with Crippen molar-refractivity contribution in [2.75, 3.05) is 26.2 Å². The molecule has 0 aliphatic heterocycles. The summed E-state index contributed by atoms with van der Waals surface area (Å²) in [5, 5.41) is 10.9. The fourth-order valence-corrected chi connectivity index (χ4v) is 2.44.